The first kappa shape index (κ1) is 10.7. The van der Waals surface area contributed by atoms with Crippen molar-refractivity contribution in [3.05, 3.63) is 42.5 Å². The molecular formula is C13H16N2O. The zero-order valence-electron chi connectivity index (χ0n) is 9.84. The minimum atomic E-state index is 0.194. The normalized spacial score (nSPS) is 10.8. The summed E-state index contributed by atoms with van der Waals surface area (Å²) >= 11 is 0. The number of benzene rings is 1. The molecule has 1 heterocycles. The molecule has 0 aliphatic carbocycles. The lowest BCUT2D eigenvalue weighted by Gasteiger charge is -2.11. The molecule has 1 aromatic heterocycles. The maximum absolute atomic E-state index is 5.66. The Morgan fingerprint density at radius 1 is 1.31 bits per heavy atom. The van der Waals surface area contributed by atoms with Crippen LogP contribution in [0.5, 0.6) is 5.75 Å². The largest absolute Gasteiger partial charge is 0.491 e. The van der Waals surface area contributed by atoms with Crippen LogP contribution in [0.3, 0.4) is 0 Å². The predicted octanol–water partition coefficient (Wildman–Crippen LogP) is 2.97. The average Bonchev–Trinajstić information content (AvgIpc) is 2.64. The highest BCUT2D eigenvalue weighted by Gasteiger charge is 2.02. The summed E-state index contributed by atoms with van der Waals surface area (Å²) in [7, 11) is 0. The first-order valence-electron chi connectivity index (χ1n) is 5.44. The fourth-order valence-electron chi connectivity index (χ4n) is 1.63. The highest BCUT2D eigenvalue weighted by atomic mass is 16.5. The third-order valence-electron chi connectivity index (χ3n) is 2.29. The van der Waals surface area contributed by atoms with E-state index in [-0.39, 0.29) is 6.10 Å². The summed E-state index contributed by atoms with van der Waals surface area (Å²) in [6, 6.07) is 8.03. The van der Waals surface area contributed by atoms with E-state index in [1.54, 1.807) is 6.20 Å². The molecule has 0 radical (unpaired) electrons. The van der Waals surface area contributed by atoms with E-state index in [1.807, 2.05) is 55.8 Å². The first-order chi connectivity index (χ1) is 7.66. The van der Waals surface area contributed by atoms with Crippen LogP contribution >= 0.6 is 0 Å². The zero-order valence-corrected chi connectivity index (χ0v) is 9.84. The summed E-state index contributed by atoms with van der Waals surface area (Å²) in [6.45, 7) is 6.03. The van der Waals surface area contributed by atoms with E-state index in [0.717, 1.165) is 17.3 Å². The molecule has 0 fully saturated rings. The molecule has 16 heavy (non-hydrogen) atoms. The van der Waals surface area contributed by atoms with Crippen LogP contribution in [0.2, 0.25) is 0 Å². The van der Waals surface area contributed by atoms with Gasteiger partial charge in [-0.1, -0.05) is 6.07 Å². The number of hydrogen-bond donors (Lipinski definition) is 0. The second-order valence-electron chi connectivity index (χ2n) is 4.01. The van der Waals surface area contributed by atoms with Crippen LogP contribution in [0.15, 0.2) is 36.7 Å². The summed E-state index contributed by atoms with van der Waals surface area (Å²) in [5.41, 5.74) is 1.08. The van der Waals surface area contributed by atoms with Crippen LogP contribution in [-0.2, 0) is 0 Å². The van der Waals surface area contributed by atoms with Crippen molar-refractivity contribution >= 4 is 0 Å². The lowest BCUT2D eigenvalue weighted by atomic mass is 10.3. The molecule has 0 saturated carbocycles. The summed E-state index contributed by atoms with van der Waals surface area (Å²) in [6.07, 6.45) is 3.94. The molecule has 0 unspecified atom stereocenters. The van der Waals surface area contributed by atoms with Crippen molar-refractivity contribution in [1.29, 1.82) is 0 Å². The number of aryl methyl sites for hydroxylation is 1. The van der Waals surface area contributed by atoms with Crippen LogP contribution in [-0.4, -0.2) is 15.7 Å². The maximum atomic E-state index is 5.66. The number of hydrogen-bond acceptors (Lipinski definition) is 2. The van der Waals surface area contributed by atoms with Gasteiger partial charge in [-0.3, -0.25) is 0 Å². The van der Waals surface area contributed by atoms with Gasteiger partial charge in [0.2, 0.25) is 0 Å². The van der Waals surface area contributed by atoms with Gasteiger partial charge in [-0.25, -0.2) is 4.98 Å². The number of rotatable bonds is 3. The lowest BCUT2D eigenvalue weighted by Crippen LogP contribution is -2.06. The standard InChI is InChI=1S/C13H16N2O/c1-10(2)16-13-6-4-5-12(9-13)15-8-7-14-11(15)3/h4-10H,1-3H3. The van der Waals surface area contributed by atoms with Gasteiger partial charge in [0, 0.05) is 18.5 Å². The summed E-state index contributed by atoms with van der Waals surface area (Å²) in [4.78, 5) is 4.21. The molecule has 0 aliphatic rings. The van der Waals surface area contributed by atoms with Crippen LogP contribution in [0.25, 0.3) is 5.69 Å². The van der Waals surface area contributed by atoms with Crippen molar-refractivity contribution in [1.82, 2.24) is 9.55 Å². The molecule has 2 rings (SSSR count). The van der Waals surface area contributed by atoms with Gasteiger partial charge in [-0.05, 0) is 32.9 Å². The van der Waals surface area contributed by atoms with E-state index in [4.69, 9.17) is 4.74 Å². The molecule has 1 aromatic carbocycles. The third kappa shape index (κ3) is 2.24. The Balaban J connectivity index is 2.33. The van der Waals surface area contributed by atoms with E-state index < -0.39 is 0 Å². The molecule has 0 atom stereocenters. The molecule has 0 aliphatic heterocycles. The van der Waals surface area contributed by atoms with E-state index >= 15 is 0 Å². The molecule has 0 N–H and O–H groups in total. The molecule has 3 nitrogen and oxygen atoms in total. The van der Waals surface area contributed by atoms with Crippen molar-refractivity contribution in [3.63, 3.8) is 0 Å². The number of nitrogens with zero attached hydrogens (tertiary/aromatic N) is 2. The fraction of sp³-hybridized carbons (Fsp3) is 0.308. The van der Waals surface area contributed by atoms with Gasteiger partial charge in [0.25, 0.3) is 0 Å². The van der Waals surface area contributed by atoms with E-state index in [2.05, 4.69) is 4.98 Å². The average molecular weight is 216 g/mol. The lowest BCUT2D eigenvalue weighted by molar-refractivity contribution is 0.242. The quantitative estimate of drug-likeness (QED) is 0.788. The van der Waals surface area contributed by atoms with E-state index in [1.165, 1.54) is 0 Å². The van der Waals surface area contributed by atoms with Crippen molar-refractivity contribution in [3.8, 4) is 11.4 Å². The van der Waals surface area contributed by atoms with Crippen molar-refractivity contribution in [2.75, 3.05) is 0 Å². The molecule has 84 valence electrons. The summed E-state index contributed by atoms with van der Waals surface area (Å²) in [5.74, 6) is 1.86. The topological polar surface area (TPSA) is 27.1 Å². The second kappa shape index (κ2) is 4.39. The fourth-order valence-corrected chi connectivity index (χ4v) is 1.63. The SMILES string of the molecule is Cc1nccn1-c1cccc(OC(C)C)c1. The monoisotopic (exact) mass is 216 g/mol. The summed E-state index contributed by atoms with van der Waals surface area (Å²) < 4.78 is 7.69. The van der Waals surface area contributed by atoms with Crippen LogP contribution in [0.1, 0.15) is 19.7 Å². The highest BCUT2D eigenvalue weighted by Crippen LogP contribution is 2.18. The Kier molecular flexibility index (Phi) is 2.95. The first-order valence-corrected chi connectivity index (χ1v) is 5.44. The van der Waals surface area contributed by atoms with Crippen molar-refractivity contribution in [2.24, 2.45) is 0 Å². The molecule has 0 bridgehead atoms. The smallest absolute Gasteiger partial charge is 0.121 e. The minimum absolute atomic E-state index is 0.194. The van der Waals surface area contributed by atoms with Gasteiger partial charge in [0.1, 0.15) is 11.6 Å². The Hall–Kier alpha value is -1.77. The molecule has 0 amide bonds. The van der Waals surface area contributed by atoms with E-state index in [0.29, 0.717) is 0 Å². The van der Waals surface area contributed by atoms with Gasteiger partial charge in [0.05, 0.1) is 11.8 Å². The molecular weight excluding hydrogens is 200 g/mol. The van der Waals surface area contributed by atoms with Crippen molar-refractivity contribution < 1.29 is 4.74 Å². The predicted molar refractivity (Wildman–Crippen MR) is 64.1 cm³/mol. The minimum Gasteiger partial charge on any atom is -0.491 e. The van der Waals surface area contributed by atoms with Gasteiger partial charge < -0.3 is 9.30 Å². The Morgan fingerprint density at radius 2 is 2.12 bits per heavy atom. The maximum Gasteiger partial charge on any atom is 0.121 e. The molecule has 2 aromatic rings. The highest BCUT2D eigenvalue weighted by molar-refractivity contribution is 5.40. The number of ether oxygens (including phenoxy) is 1. The van der Waals surface area contributed by atoms with Crippen LogP contribution < -0.4 is 4.74 Å². The van der Waals surface area contributed by atoms with E-state index in [9.17, 15) is 0 Å². The second-order valence-corrected chi connectivity index (χ2v) is 4.01. The third-order valence-corrected chi connectivity index (χ3v) is 2.29. The number of aromatic nitrogens is 2. The Bertz CT molecular complexity index is 474. The Labute approximate surface area is 95.7 Å². The Morgan fingerprint density at radius 3 is 2.75 bits per heavy atom. The zero-order chi connectivity index (χ0) is 11.5. The number of imidazole rings is 1. The van der Waals surface area contributed by atoms with Crippen molar-refractivity contribution in [2.45, 2.75) is 26.9 Å². The molecule has 0 spiro atoms. The van der Waals surface area contributed by atoms with Gasteiger partial charge >= 0.3 is 0 Å². The molecule has 3 heteroatoms. The van der Waals surface area contributed by atoms with Gasteiger partial charge in [-0.2, -0.15) is 0 Å². The van der Waals surface area contributed by atoms with Crippen LogP contribution in [0.4, 0.5) is 0 Å². The van der Waals surface area contributed by atoms with Crippen LogP contribution in [0, 0.1) is 6.92 Å². The van der Waals surface area contributed by atoms with Gasteiger partial charge in [0.15, 0.2) is 0 Å². The van der Waals surface area contributed by atoms with Gasteiger partial charge in [-0.15, -0.1) is 0 Å². The summed E-state index contributed by atoms with van der Waals surface area (Å²) in [5, 5.41) is 0. The molecule has 0 saturated heterocycles.